The predicted molar refractivity (Wildman–Crippen MR) is 40.3 cm³/mol. The highest BCUT2D eigenvalue weighted by molar-refractivity contribution is 5.85. The van der Waals surface area contributed by atoms with Crippen LogP contribution in [-0.2, 0) is 14.3 Å². The largest absolute Gasteiger partial charge is 0.459 e. The van der Waals surface area contributed by atoms with Crippen LogP contribution >= 0.6 is 0 Å². The third-order valence-corrected chi connectivity index (χ3v) is 2.50. The van der Waals surface area contributed by atoms with Crippen molar-refractivity contribution in [3.63, 3.8) is 0 Å². The van der Waals surface area contributed by atoms with Gasteiger partial charge in [0.05, 0.1) is 6.54 Å². The summed E-state index contributed by atoms with van der Waals surface area (Å²) in [6, 6.07) is -0.299. The van der Waals surface area contributed by atoms with Crippen LogP contribution in [0.4, 0.5) is 0 Å². The van der Waals surface area contributed by atoms with Gasteiger partial charge in [-0.25, -0.2) is 4.79 Å². The Morgan fingerprint density at radius 3 is 2.75 bits per heavy atom. The van der Waals surface area contributed by atoms with Gasteiger partial charge in [0.25, 0.3) is 0 Å². The van der Waals surface area contributed by atoms with E-state index in [1.165, 1.54) is 6.92 Å². The number of piperidine rings is 1. The minimum Gasteiger partial charge on any atom is -0.459 e. The lowest BCUT2D eigenvalue weighted by molar-refractivity contribution is -0.180. The normalized spacial score (nSPS) is 33.4. The lowest BCUT2D eigenvalue weighted by atomic mass is 9.96. The molecule has 0 aromatic heterocycles. The molecule has 3 rings (SSSR count). The zero-order chi connectivity index (χ0) is 8.72. The van der Waals surface area contributed by atoms with Crippen molar-refractivity contribution in [1.29, 1.82) is 0 Å². The number of carbonyl (C=O) groups is 2. The molecule has 0 unspecified atom stereocenters. The van der Waals surface area contributed by atoms with Crippen molar-refractivity contribution in [3.05, 3.63) is 0 Å². The van der Waals surface area contributed by atoms with Gasteiger partial charge in [-0.15, -0.1) is 0 Å². The van der Waals surface area contributed by atoms with Crippen molar-refractivity contribution in [3.8, 4) is 0 Å². The highest BCUT2D eigenvalue weighted by Gasteiger charge is 2.42. The fraction of sp³-hybridized carbons (Fsp3) is 0.750. The zero-order valence-corrected chi connectivity index (χ0v) is 6.95. The fourth-order valence-electron chi connectivity index (χ4n) is 1.87. The highest BCUT2D eigenvalue weighted by Crippen LogP contribution is 2.26. The first-order valence-electron chi connectivity index (χ1n) is 4.16. The SMILES string of the molecule is CC(=O)N1C[C@H]2CC[C@@H]1C(=O)O2. The van der Waals surface area contributed by atoms with E-state index in [2.05, 4.69) is 0 Å². The minimum atomic E-state index is -0.299. The predicted octanol–water partition coefficient (Wildman–Crippen LogP) is -0.0773. The molecule has 12 heavy (non-hydrogen) atoms. The summed E-state index contributed by atoms with van der Waals surface area (Å²) >= 11 is 0. The Morgan fingerprint density at radius 2 is 2.33 bits per heavy atom. The molecule has 2 atom stereocenters. The second-order valence-electron chi connectivity index (χ2n) is 3.32. The van der Waals surface area contributed by atoms with Crippen molar-refractivity contribution >= 4 is 11.9 Å². The van der Waals surface area contributed by atoms with Gasteiger partial charge in [-0.2, -0.15) is 0 Å². The smallest absolute Gasteiger partial charge is 0.329 e. The van der Waals surface area contributed by atoms with Crippen molar-refractivity contribution < 1.29 is 14.3 Å². The summed E-state index contributed by atoms with van der Waals surface area (Å²) in [6.07, 6.45) is 1.62. The molecule has 3 aliphatic rings. The number of rotatable bonds is 0. The number of nitrogens with zero attached hydrogens (tertiary/aromatic N) is 1. The van der Waals surface area contributed by atoms with E-state index in [1.54, 1.807) is 4.90 Å². The number of amides is 1. The monoisotopic (exact) mass is 169 g/mol. The molecule has 4 heteroatoms. The Balaban J connectivity index is 2.19. The molecular weight excluding hydrogens is 158 g/mol. The summed E-state index contributed by atoms with van der Waals surface area (Å²) in [5.74, 6) is -0.256. The molecule has 4 nitrogen and oxygen atoms in total. The molecule has 0 aliphatic carbocycles. The van der Waals surface area contributed by atoms with Crippen LogP contribution in [0.1, 0.15) is 19.8 Å². The van der Waals surface area contributed by atoms with Crippen LogP contribution in [0.3, 0.4) is 0 Å². The summed E-state index contributed by atoms with van der Waals surface area (Å²) < 4.78 is 5.03. The quantitative estimate of drug-likeness (QED) is 0.476. The van der Waals surface area contributed by atoms with E-state index in [4.69, 9.17) is 4.74 Å². The van der Waals surface area contributed by atoms with Crippen LogP contribution in [0.15, 0.2) is 0 Å². The fourth-order valence-corrected chi connectivity index (χ4v) is 1.87. The van der Waals surface area contributed by atoms with Gasteiger partial charge >= 0.3 is 5.97 Å². The molecule has 1 amide bonds. The van der Waals surface area contributed by atoms with Crippen LogP contribution in [0.5, 0.6) is 0 Å². The third-order valence-electron chi connectivity index (χ3n) is 2.50. The summed E-state index contributed by atoms with van der Waals surface area (Å²) in [7, 11) is 0. The molecule has 0 saturated carbocycles. The Bertz CT molecular complexity index is 238. The minimum absolute atomic E-state index is 0.0265. The van der Waals surface area contributed by atoms with Crippen LogP contribution in [0, 0.1) is 0 Å². The first-order chi connectivity index (χ1) is 5.68. The van der Waals surface area contributed by atoms with Crippen LogP contribution in [-0.4, -0.2) is 35.5 Å². The molecule has 0 aromatic carbocycles. The van der Waals surface area contributed by atoms with E-state index >= 15 is 0 Å². The highest BCUT2D eigenvalue weighted by atomic mass is 16.6. The molecule has 0 aromatic rings. The Labute approximate surface area is 70.5 Å². The topological polar surface area (TPSA) is 46.6 Å². The van der Waals surface area contributed by atoms with E-state index in [9.17, 15) is 9.59 Å². The summed E-state index contributed by atoms with van der Waals surface area (Å²) in [5.41, 5.74) is 0. The average Bonchev–Trinajstić information content (AvgIpc) is 2.04. The van der Waals surface area contributed by atoms with Gasteiger partial charge in [0.1, 0.15) is 12.1 Å². The molecule has 66 valence electrons. The number of ether oxygens (including phenoxy) is 1. The summed E-state index contributed by atoms with van der Waals surface area (Å²) in [6.45, 7) is 2.08. The Hall–Kier alpha value is -1.06. The molecule has 0 N–H and O–H groups in total. The van der Waals surface area contributed by atoms with Gasteiger partial charge in [0, 0.05) is 6.92 Å². The van der Waals surface area contributed by atoms with Crippen LogP contribution < -0.4 is 0 Å². The van der Waals surface area contributed by atoms with Gasteiger partial charge < -0.3 is 9.64 Å². The number of morpholine rings is 1. The van der Waals surface area contributed by atoms with E-state index < -0.39 is 0 Å². The lowest BCUT2D eigenvalue weighted by Gasteiger charge is -2.42. The standard InChI is InChI=1S/C8H11NO3/c1-5(10)9-4-6-2-3-7(9)8(11)12-6/h6-7H,2-4H2,1H3/t6-,7-/m1/s1. The lowest BCUT2D eigenvalue weighted by Crippen LogP contribution is -2.58. The second kappa shape index (κ2) is 2.47. The third kappa shape index (κ3) is 0.983. The zero-order valence-electron chi connectivity index (χ0n) is 6.95. The second-order valence-corrected chi connectivity index (χ2v) is 3.32. The molecule has 3 fully saturated rings. The van der Waals surface area contributed by atoms with Crippen molar-refractivity contribution in [1.82, 2.24) is 4.90 Å². The van der Waals surface area contributed by atoms with E-state index in [0.717, 1.165) is 12.8 Å². The molecule has 3 saturated heterocycles. The summed E-state index contributed by atoms with van der Waals surface area (Å²) in [4.78, 5) is 23.8. The molecule has 3 aliphatic heterocycles. The van der Waals surface area contributed by atoms with E-state index in [-0.39, 0.29) is 24.0 Å². The van der Waals surface area contributed by atoms with Crippen LogP contribution in [0.2, 0.25) is 0 Å². The molecule has 3 heterocycles. The maximum atomic E-state index is 11.2. The maximum Gasteiger partial charge on any atom is 0.329 e. The number of hydrogen-bond donors (Lipinski definition) is 0. The maximum absolute atomic E-state index is 11.2. The van der Waals surface area contributed by atoms with Crippen molar-refractivity contribution in [2.24, 2.45) is 0 Å². The molecule has 0 radical (unpaired) electrons. The molecule has 2 bridgehead atoms. The summed E-state index contributed by atoms with van der Waals surface area (Å²) in [5, 5.41) is 0. The average molecular weight is 169 g/mol. The number of hydrogen-bond acceptors (Lipinski definition) is 3. The van der Waals surface area contributed by atoms with Crippen molar-refractivity contribution in [2.75, 3.05) is 6.54 Å². The number of fused-ring (bicyclic) bond motifs is 3. The Morgan fingerprint density at radius 1 is 1.58 bits per heavy atom. The Kier molecular flexibility index (Phi) is 1.56. The first-order valence-corrected chi connectivity index (χ1v) is 4.16. The van der Waals surface area contributed by atoms with Gasteiger partial charge in [0.2, 0.25) is 5.91 Å². The van der Waals surface area contributed by atoms with Crippen molar-refractivity contribution in [2.45, 2.75) is 31.9 Å². The molecule has 0 spiro atoms. The van der Waals surface area contributed by atoms with E-state index in [1.807, 2.05) is 0 Å². The molecular formula is C8H11NO3. The van der Waals surface area contributed by atoms with Gasteiger partial charge in [-0.05, 0) is 12.8 Å². The number of carbonyl (C=O) groups excluding carboxylic acids is 2. The van der Waals surface area contributed by atoms with Crippen LogP contribution in [0.25, 0.3) is 0 Å². The number of esters is 1. The van der Waals surface area contributed by atoms with Gasteiger partial charge in [-0.1, -0.05) is 0 Å². The van der Waals surface area contributed by atoms with Gasteiger partial charge in [-0.3, -0.25) is 4.79 Å². The van der Waals surface area contributed by atoms with E-state index in [0.29, 0.717) is 6.54 Å². The van der Waals surface area contributed by atoms with Gasteiger partial charge in [0.15, 0.2) is 0 Å². The first kappa shape index (κ1) is 7.58.